The Morgan fingerprint density at radius 3 is 0.924 bits per heavy atom. The number of allylic oxidation sites excluding steroid dienone is 14. The third kappa shape index (κ3) is 76.2. The van der Waals surface area contributed by atoms with E-state index in [4.69, 9.17) is 18.5 Å². The van der Waals surface area contributed by atoms with Crippen LogP contribution >= 0.6 is 7.82 Å². The van der Waals surface area contributed by atoms with Gasteiger partial charge in [0, 0.05) is 12.8 Å². The summed E-state index contributed by atoms with van der Waals surface area (Å²) in [4.78, 5) is 36.0. The first-order valence-corrected chi connectivity index (χ1v) is 40.8. The van der Waals surface area contributed by atoms with Crippen LogP contribution in [0.5, 0.6) is 0 Å². The van der Waals surface area contributed by atoms with E-state index in [1.54, 1.807) is 0 Å². The molecular weight excluding hydrogens is 1160 g/mol. The zero-order valence-electron chi connectivity index (χ0n) is 61.3. The highest BCUT2D eigenvalue weighted by molar-refractivity contribution is 7.47. The predicted octanol–water partition coefficient (Wildman–Crippen LogP) is 26.1. The minimum atomic E-state index is -4.39. The minimum absolute atomic E-state index is 0.0331. The maximum absolute atomic E-state index is 12.9. The van der Waals surface area contributed by atoms with Gasteiger partial charge >= 0.3 is 19.8 Å². The number of hydrogen-bond acceptors (Lipinski definition) is 7. The van der Waals surface area contributed by atoms with Gasteiger partial charge in [0.2, 0.25) is 0 Å². The van der Waals surface area contributed by atoms with E-state index in [0.717, 1.165) is 77.0 Å². The molecule has 0 aliphatic rings. The lowest BCUT2D eigenvalue weighted by Crippen LogP contribution is -2.37. The number of carbonyl (C=O) groups is 2. The van der Waals surface area contributed by atoms with Crippen molar-refractivity contribution in [3.63, 3.8) is 0 Å². The first-order chi connectivity index (χ1) is 45.0. The molecule has 0 spiro atoms. The van der Waals surface area contributed by atoms with Crippen molar-refractivity contribution < 1.29 is 42.1 Å². The number of quaternary nitrogens is 1. The fourth-order valence-electron chi connectivity index (χ4n) is 11.5. The summed E-state index contributed by atoms with van der Waals surface area (Å²) in [6.07, 6.45) is 100. The molecule has 0 aliphatic heterocycles. The maximum atomic E-state index is 12.9. The SMILES string of the molecule is CC/C=C\C/C=C\C/C=C\C/C=C\C/C=C\C/C=C\C/C=C\CCCCCCCCCCCCCCCCCCCCCC(=O)OC(COC(=O)CCCCCCCCCCCCCCCCCCCCCCCCCCCCC)COP(=O)(O)OCC[N+](C)(C)C. The highest BCUT2D eigenvalue weighted by Crippen LogP contribution is 2.43. The Morgan fingerprint density at radius 2 is 0.620 bits per heavy atom. The molecule has 10 heteroatoms. The molecular formula is C82H151NO8P+. The number of unbranched alkanes of at least 4 members (excludes halogenated alkanes) is 45. The Labute approximate surface area is 571 Å². The molecule has 0 fully saturated rings. The number of hydrogen-bond donors (Lipinski definition) is 1. The molecule has 0 heterocycles. The normalized spacial score (nSPS) is 13.5. The number of ether oxygens (including phenoxy) is 2. The molecule has 0 bridgehead atoms. The minimum Gasteiger partial charge on any atom is -0.462 e. The number of carbonyl (C=O) groups excluding carboxylic acids is 2. The number of nitrogens with zero attached hydrogens (tertiary/aromatic N) is 1. The van der Waals surface area contributed by atoms with E-state index in [1.165, 1.54) is 263 Å². The number of phosphoric ester groups is 1. The Hall–Kier alpha value is -2.81. The number of esters is 2. The molecule has 0 aromatic heterocycles. The van der Waals surface area contributed by atoms with Gasteiger partial charge < -0.3 is 18.9 Å². The van der Waals surface area contributed by atoms with Gasteiger partial charge in [-0.15, -0.1) is 0 Å². The van der Waals surface area contributed by atoms with Gasteiger partial charge in [-0.05, 0) is 70.6 Å². The van der Waals surface area contributed by atoms with Crippen molar-refractivity contribution in [2.75, 3.05) is 47.5 Å². The zero-order valence-corrected chi connectivity index (χ0v) is 62.2. The van der Waals surface area contributed by atoms with Gasteiger partial charge in [0.15, 0.2) is 6.10 Å². The van der Waals surface area contributed by atoms with Gasteiger partial charge in [-0.25, -0.2) is 4.57 Å². The molecule has 0 aromatic carbocycles. The van der Waals surface area contributed by atoms with Crippen molar-refractivity contribution in [2.45, 2.75) is 380 Å². The van der Waals surface area contributed by atoms with E-state index in [2.05, 4.69) is 98.9 Å². The van der Waals surface area contributed by atoms with Crippen molar-refractivity contribution in [3.8, 4) is 0 Å². The highest BCUT2D eigenvalue weighted by atomic mass is 31.2. The molecule has 0 rings (SSSR count). The van der Waals surface area contributed by atoms with Crippen molar-refractivity contribution in [2.24, 2.45) is 0 Å². The number of rotatable bonds is 73. The van der Waals surface area contributed by atoms with Gasteiger partial charge in [-0.2, -0.15) is 0 Å². The van der Waals surface area contributed by atoms with Crippen LogP contribution in [0.15, 0.2) is 85.1 Å². The van der Waals surface area contributed by atoms with Crippen molar-refractivity contribution in [3.05, 3.63) is 85.1 Å². The summed E-state index contributed by atoms with van der Waals surface area (Å²) in [5.74, 6) is -0.777. The summed E-state index contributed by atoms with van der Waals surface area (Å²) in [6.45, 7) is 4.38. The first-order valence-electron chi connectivity index (χ1n) is 39.3. The molecule has 536 valence electrons. The molecule has 9 nitrogen and oxygen atoms in total. The summed E-state index contributed by atoms with van der Waals surface area (Å²) in [7, 11) is 1.49. The van der Waals surface area contributed by atoms with Crippen LogP contribution in [0.1, 0.15) is 373 Å². The van der Waals surface area contributed by atoms with Crippen LogP contribution < -0.4 is 0 Å². The summed E-state index contributed by atoms with van der Waals surface area (Å²) in [5.41, 5.74) is 0. The molecule has 0 saturated carbocycles. The zero-order chi connectivity index (χ0) is 66.9. The van der Waals surface area contributed by atoms with Gasteiger partial charge in [0.1, 0.15) is 19.8 Å². The van der Waals surface area contributed by atoms with Crippen LogP contribution in [0, 0.1) is 0 Å². The van der Waals surface area contributed by atoms with Crippen LogP contribution in [0.2, 0.25) is 0 Å². The summed E-state index contributed by atoms with van der Waals surface area (Å²) in [5, 5.41) is 0. The lowest BCUT2D eigenvalue weighted by Gasteiger charge is -2.24. The molecule has 0 aliphatic carbocycles. The maximum Gasteiger partial charge on any atom is 0.472 e. The average molecular weight is 1310 g/mol. The molecule has 2 atom stereocenters. The van der Waals surface area contributed by atoms with E-state index < -0.39 is 26.5 Å². The molecule has 0 radical (unpaired) electrons. The molecule has 0 amide bonds. The standard InChI is InChI=1S/C82H150NO8P/c1-6-8-10-12-14-16-18-20-22-24-26-28-30-32-34-35-36-37-38-39-40-41-42-43-44-45-46-47-49-51-53-55-57-59-61-63-65-67-69-71-73-75-82(85)91-80(79-90-92(86,87)89-77-76-83(3,4)5)78-88-81(84)74-72-70-68-66-64-62-60-58-56-54-52-50-48-33-31-29-27-25-23-21-19-17-15-13-11-9-7-2/h8,10,14,16,20,22,26,28,32,34,36-37,39-40,80H,6-7,9,11-13,15,17-19,21,23-25,27,29-31,33,35,38,41-79H2,1-5H3/p+1/b10-8-,16-14-,22-20-,28-26-,34-32-,37-36-,40-39-. The third-order valence-corrected chi connectivity index (χ3v) is 18.4. The van der Waals surface area contributed by atoms with Crippen LogP contribution in [0.25, 0.3) is 0 Å². The second kappa shape index (κ2) is 72.5. The van der Waals surface area contributed by atoms with E-state index in [-0.39, 0.29) is 25.6 Å². The highest BCUT2D eigenvalue weighted by Gasteiger charge is 2.27. The summed E-state index contributed by atoms with van der Waals surface area (Å²) in [6, 6.07) is 0. The van der Waals surface area contributed by atoms with Crippen LogP contribution in [-0.2, 0) is 32.7 Å². The van der Waals surface area contributed by atoms with E-state index >= 15 is 0 Å². The summed E-state index contributed by atoms with van der Waals surface area (Å²) >= 11 is 0. The van der Waals surface area contributed by atoms with Gasteiger partial charge in [0.25, 0.3) is 0 Å². The van der Waals surface area contributed by atoms with Crippen LogP contribution in [0.3, 0.4) is 0 Å². The molecule has 0 aromatic rings. The Balaban J connectivity index is 3.94. The fraction of sp³-hybridized carbons (Fsp3) is 0.805. The smallest absolute Gasteiger partial charge is 0.462 e. The summed E-state index contributed by atoms with van der Waals surface area (Å²) < 4.78 is 34.8. The van der Waals surface area contributed by atoms with E-state index in [0.29, 0.717) is 23.9 Å². The number of phosphoric acid groups is 1. The molecule has 0 saturated heterocycles. The predicted molar refractivity (Wildman–Crippen MR) is 399 cm³/mol. The monoisotopic (exact) mass is 1310 g/mol. The largest absolute Gasteiger partial charge is 0.472 e. The number of likely N-dealkylation sites (N-methyl/N-ethyl adjacent to an activating group) is 1. The fourth-order valence-corrected chi connectivity index (χ4v) is 12.2. The van der Waals surface area contributed by atoms with E-state index in [1.807, 2.05) is 21.1 Å². The van der Waals surface area contributed by atoms with Crippen LogP contribution in [0.4, 0.5) is 0 Å². The van der Waals surface area contributed by atoms with Gasteiger partial charge in [-0.3, -0.25) is 18.6 Å². The van der Waals surface area contributed by atoms with Crippen LogP contribution in [-0.4, -0.2) is 74.9 Å². The van der Waals surface area contributed by atoms with Crippen molar-refractivity contribution in [1.82, 2.24) is 0 Å². The lowest BCUT2D eigenvalue weighted by molar-refractivity contribution is -0.870. The van der Waals surface area contributed by atoms with Gasteiger partial charge in [-0.1, -0.05) is 375 Å². The molecule has 2 unspecified atom stereocenters. The van der Waals surface area contributed by atoms with Crippen molar-refractivity contribution in [1.29, 1.82) is 0 Å². The topological polar surface area (TPSA) is 108 Å². The van der Waals surface area contributed by atoms with Gasteiger partial charge in [0.05, 0.1) is 27.7 Å². The Kier molecular flexibility index (Phi) is 70.2. The van der Waals surface area contributed by atoms with E-state index in [9.17, 15) is 19.0 Å². The molecule has 1 N–H and O–H groups in total. The average Bonchev–Trinajstić information content (AvgIpc) is 2.23. The third-order valence-electron chi connectivity index (χ3n) is 17.4. The second-order valence-electron chi connectivity index (χ2n) is 27.7. The lowest BCUT2D eigenvalue weighted by atomic mass is 10.0. The second-order valence-corrected chi connectivity index (χ2v) is 29.2. The van der Waals surface area contributed by atoms with Crippen molar-refractivity contribution >= 4 is 19.8 Å². The molecule has 92 heavy (non-hydrogen) atoms. The Morgan fingerprint density at radius 1 is 0.348 bits per heavy atom. The Bertz CT molecular complexity index is 1830. The first kappa shape index (κ1) is 89.2. The quantitative estimate of drug-likeness (QED) is 0.0211.